The van der Waals surface area contributed by atoms with Crippen molar-refractivity contribution in [2.45, 2.75) is 278 Å². The number of rotatable bonds is 36. The number of unbranched alkanes of at least 4 members (excludes halogenated alkanes) is 24. The van der Waals surface area contributed by atoms with E-state index >= 15 is 0 Å². The molecule has 1 nitrogen and oxygen atoms in total. The summed E-state index contributed by atoms with van der Waals surface area (Å²) >= 11 is 0. The Kier molecular flexibility index (Phi) is 28.4. The Bertz CT molecular complexity index is 567. The number of hydrogen-bond acceptors (Lipinski definition) is 1. The molecule has 0 N–H and O–H groups in total. The van der Waals surface area contributed by atoms with Gasteiger partial charge in [-0.2, -0.15) is 0 Å². The van der Waals surface area contributed by atoms with Gasteiger partial charge >= 0.3 is 0 Å². The van der Waals surface area contributed by atoms with Crippen molar-refractivity contribution in [1.82, 2.24) is 0 Å². The van der Waals surface area contributed by atoms with Crippen LogP contribution in [0.15, 0.2) is 0 Å². The molecule has 0 saturated carbocycles. The van der Waals surface area contributed by atoms with Crippen molar-refractivity contribution in [3.05, 3.63) is 0 Å². The van der Waals surface area contributed by atoms with Crippen molar-refractivity contribution in [2.75, 3.05) is 6.61 Å². The third kappa shape index (κ3) is 16.7. The summed E-state index contributed by atoms with van der Waals surface area (Å²) < 4.78 is 7.70. The van der Waals surface area contributed by atoms with Crippen LogP contribution in [0.3, 0.4) is 0 Å². The van der Waals surface area contributed by atoms with Gasteiger partial charge in [-0.25, -0.2) is 0 Å². The van der Waals surface area contributed by atoms with Crippen LogP contribution < -0.4 is 0 Å². The Morgan fingerprint density at radius 1 is 0.298 bits per heavy atom. The van der Waals surface area contributed by atoms with E-state index < -0.39 is 0 Å². The number of hydrogen-bond donors (Lipinski definition) is 0. The molecule has 0 aliphatic carbocycles. The molecule has 1 aliphatic rings. The van der Waals surface area contributed by atoms with Crippen LogP contribution in [-0.4, -0.2) is 12.2 Å². The first-order valence-corrected chi connectivity index (χ1v) is 22.7. The predicted octanol–water partition coefficient (Wildman–Crippen LogP) is 16.9. The van der Waals surface area contributed by atoms with E-state index in [4.69, 9.17) is 4.74 Å². The minimum Gasteiger partial charge on any atom is -0.374 e. The van der Waals surface area contributed by atoms with E-state index in [9.17, 15) is 0 Å². The minimum absolute atomic E-state index is 0.119. The molecule has 1 saturated heterocycles. The highest BCUT2D eigenvalue weighted by molar-refractivity contribution is 5.14. The molecule has 0 aromatic heterocycles. The van der Waals surface area contributed by atoms with Gasteiger partial charge in [0, 0.05) is 10.8 Å². The summed E-state index contributed by atoms with van der Waals surface area (Å²) in [7, 11) is 0. The molecule has 0 aromatic rings. The van der Waals surface area contributed by atoms with Crippen LogP contribution in [0.1, 0.15) is 273 Å². The van der Waals surface area contributed by atoms with Gasteiger partial charge in [0.2, 0.25) is 0 Å². The Balaban J connectivity index is 3.60. The second-order valence-electron chi connectivity index (χ2n) is 16.6. The van der Waals surface area contributed by atoms with Gasteiger partial charge in [0.15, 0.2) is 0 Å². The maximum absolute atomic E-state index is 7.70. The maximum atomic E-state index is 7.70. The molecule has 47 heavy (non-hydrogen) atoms. The third-order valence-electron chi connectivity index (χ3n) is 12.8. The van der Waals surface area contributed by atoms with Crippen LogP contribution in [0.4, 0.5) is 0 Å². The smallest absolute Gasteiger partial charge is 0.0744 e. The minimum atomic E-state index is 0.119. The van der Waals surface area contributed by atoms with Crippen LogP contribution in [0, 0.1) is 10.8 Å². The summed E-state index contributed by atoms with van der Waals surface area (Å²) in [5.74, 6) is 0. The molecule has 282 valence electrons. The van der Waals surface area contributed by atoms with Gasteiger partial charge in [-0.1, -0.05) is 234 Å². The molecule has 1 heterocycles. The molecule has 0 radical (unpaired) electrons. The van der Waals surface area contributed by atoms with Crippen molar-refractivity contribution in [3.8, 4) is 0 Å². The molecule has 1 rings (SSSR count). The van der Waals surface area contributed by atoms with Crippen LogP contribution in [-0.2, 0) is 4.74 Å². The molecule has 0 spiro atoms. The molecular weight excluding hydrogens is 569 g/mol. The fourth-order valence-corrected chi connectivity index (χ4v) is 9.87. The third-order valence-corrected chi connectivity index (χ3v) is 12.8. The van der Waals surface area contributed by atoms with Gasteiger partial charge < -0.3 is 4.74 Å². The number of ether oxygens (including phenoxy) is 1. The lowest BCUT2D eigenvalue weighted by Gasteiger charge is -2.54. The zero-order valence-corrected chi connectivity index (χ0v) is 34.1. The molecular formula is C46H92O. The summed E-state index contributed by atoms with van der Waals surface area (Å²) in [6, 6.07) is 0. The van der Waals surface area contributed by atoms with Gasteiger partial charge in [0.25, 0.3) is 0 Å². The van der Waals surface area contributed by atoms with Crippen molar-refractivity contribution in [2.24, 2.45) is 10.8 Å². The first kappa shape index (κ1) is 45.0. The van der Waals surface area contributed by atoms with E-state index in [2.05, 4.69) is 41.5 Å². The van der Waals surface area contributed by atoms with E-state index in [0.717, 1.165) is 6.61 Å². The van der Waals surface area contributed by atoms with E-state index in [0.29, 0.717) is 10.8 Å². The Labute approximate surface area is 299 Å². The second kappa shape index (κ2) is 29.7. The van der Waals surface area contributed by atoms with Gasteiger partial charge in [0.05, 0.1) is 12.2 Å². The standard InChI is InChI=1S/C46H92O/c1-7-13-19-25-31-37-44(38-32-26-20-14-8-2)43-47-46(41-35-29-23-17-11-5,42-36-30-24-18-12-6)45(44,39-33-27-21-15-9-3)40-34-28-22-16-10-4/h7-43H2,1-6H3. The van der Waals surface area contributed by atoms with Gasteiger partial charge in [0.1, 0.15) is 0 Å². The van der Waals surface area contributed by atoms with Crippen LogP contribution in [0.5, 0.6) is 0 Å². The SMILES string of the molecule is CCCCCCCC1(CCCCCCC)COC(CCCCCCC)(CCCCCCC)C1(CCCCCCC)CCCCCCC. The Morgan fingerprint density at radius 2 is 0.553 bits per heavy atom. The van der Waals surface area contributed by atoms with E-state index in [1.807, 2.05) is 0 Å². The van der Waals surface area contributed by atoms with E-state index in [1.54, 1.807) is 0 Å². The van der Waals surface area contributed by atoms with Crippen molar-refractivity contribution in [1.29, 1.82) is 0 Å². The Hall–Kier alpha value is -0.0400. The summed E-state index contributed by atoms with van der Waals surface area (Å²) in [5, 5.41) is 0. The van der Waals surface area contributed by atoms with Crippen LogP contribution in [0.2, 0.25) is 0 Å². The molecule has 0 atom stereocenters. The highest BCUT2D eigenvalue weighted by Gasteiger charge is 2.65. The normalized spacial score (nSPS) is 16.7. The maximum Gasteiger partial charge on any atom is 0.0744 e. The summed E-state index contributed by atoms with van der Waals surface area (Å²) in [5.41, 5.74) is 0.894. The molecule has 1 fully saturated rings. The fraction of sp³-hybridized carbons (Fsp3) is 1.00. The van der Waals surface area contributed by atoms with Gasteiger partial charge in [-0.15, -0.1) is 0 Å². The lowest BCUT2D eigenvalue weighted by molar-refractivity contribution is -0.104. The zero-order valence-electron chi connectivity index (χ0n) is 34.1. The summed E-state index contributed by atoms with van der Waals surface area (Å²) in [6.45, 7) is 15.3. The quantitative estimate of drug-likeness (QED) is 0.0608. The van der Waals surface area contributed by atoms with Crippen LogP contribution >= 0.6 is 0 Å². The first-order valence-electron chi connectivity index (χ1n) is 22.7. The predicted molar refractivity (Wildman–Crippen MR) is 214 cm³/mol. The van der Waals surface area contributed by atoms with E-state index in [1.165, 1.54) is 231 Å². The lowest BCUT2D eigenvalue weighted by Crippen LogP contribution is -2.53. The van der Waals surface area contributed by atoms with Gasteiger partial charge in [-0.05, 0) is 38.5 Å². The average molecular weight is 661 g/mol. The van der Waals surface area contributed by atoms with Crippen molar-refractivity contribution < 1.29 is 4.74 Å². The average Bonchev–Trinajstić information content (AvgIpc) is 3.33. The lowest BCUT2D eigenvalue weighted by atomic mass is 9.49. The molecule has 0 unspecified atom stereocenters. The summed E-state index contributed by atoms with van der Waals surface area (Å²) in [4.78, 5) is 0. The zero-order chi connectivity index (χ0) is 34.4. The fourth-order valence-electron chi connectivity index (χ4n) is 9.87. The highest BCUT2D eigenvalue weighted by Crippen LogP contribution is 2.67. The topological polar surface area (TPSA) is 9.23 Å². The van der Waals surface area contributed by atoms with Crippen molar-refractivity contribution in [3.63, 3.8) is 0 Å². The largest absolute Gasteiger partial charge is 0.374 e. The monoisotopic (exact) mass is 661 g/mol. The van der Waals surface area contributed by atoms with E-state index in [-0.39, 0.29) is 5.60 Å². The van der Waals surface area contributed by atoms with Crippen LogP contribution in [0.25, 0.3) is 0 Å². The summed E-state index contributed by atoms with van der Waals surface area (Å²) in [6.07, 6.45) is 50.8. The highest BCUT2D eigenvalue weighted by atomic mass is 16.5. The molecule has 0 aromatic carbocycles. The first-order chi connectivity index (χ1) is 23.1. The molecule has 1 aliphatic heterocycles. The van der Waals surface area contributed by atoms with Gasteiger partial charge in [-0.3, -0.25) is 0 Å². The molecule has 0 bridgehead atoms. The second-order valence-corrected chi connectivity index (χ2v) is 16.6. The molecule has 0 amide bonds. The Morgan fingerprint density at radius 3 is 0.851 bits per heavy atom. The molecule has 1 heteroatoms. The van der Waals surface area contributed by atoms with Crippen molar-refractivity contribution >= 4 is 0 Å².